The molecule has 0 bridgehead atoms. The zero-order valence-corrected chi connectivity index (χ0v) is 5.26. The maximum atomic E-state index is 11.6. The zero-order valence-electron chi connectivity index (χ0n) is 5.26. The molecule has 1 N–H and O–H groups in total. The Bertz CT molecular complexity index is 220. The fourth-order valence-electron chi connectivity index (χ4n) is 0.490. The highest BCUT2D eigenvalue weighted by atomic mass is 19.4. The Morgan fingerprint density at radius 1 is 1.18 bits per heavy atom. The van der Waals surface area contributed by atoms with E-state index in [-0.39, 0.29) is 0 Å². The van der Waals surface area contributed by atoms with Crippen LogP contribution in [0.4, 0.5) is 19.1 Å². The molecule has 0 saturated carbocycles. The van der Waals surface area contributed by atoms with Gasteiger partial charge in [0.05, 0.1) is 0 Å². The van der Waals surface area contributed by atoms with Crippen molar-refractivity contribution in [1.29, 1.82) is 0 Å². The predicted molar refractivity (Wildman–Crippen MR) is 31.7 cm³/mol. The average Bonchev–Trinajstić information content (AvgIpc) is 1.85. The Hall–Kier alpha value is -1.33. The largest absolute Gasteiger partial charge is 0.484 e. The van der Waals surface area contributed by atoms with E-state index in [1.807, 2.05) is 0 Å². The lowest BCUT2D eigenvalue weighted by Crippen LogP contribution is -2.22. The van der Waals surface area contributed by atoms with E-state index >= 15 is 0 Å². The van der Waals surface area contributed by atoms with Gasteiger partial charge in [-0.3, -0.25) is 5.32 Å². The molecule has 0 spiro atoms. The zero-order chi connectivity index (χ0) is 8.32. The SMILES string of the molecule is FC(F)(F)Nc1ncccn1. The molecule has 1 heterocycles. The second-order valence-corrected chi connectivity index (χ2v) is 1.70. The van der Waals surface area contributed by atoms with Crippen molar-refractivity contribution in [3.8, 4) is 0 Å². The third-order valence-electron chi connectivity index (χ3n) is 0.819. The predicted octanol–water partition coefficient (Wildman–Crippen LogP) is 1.41. The van der Waals surface area contributed by atoms with E-state index in [0.29, 0.717) is 0 Å². The molecule has 1 aromatic heterocycles. The monoisotopic (exact) mass is 163 g/mol. The molecule has 0 aliphatic heterocycles. The summed E-state index contributed by atoms with van der Waals surface area (Å²) in [5.74, 6) is -0.444. The van der Waals surface area contributed by atoms with Gasteiger partial charge in [0.2, 0.25) is 5.95 Å². The third-order valence-corrected chi connectivity index (χ3v) is 0.819. The molecule has 0 radical (unpaired) electrons. The fourth-order valence-corrected chi connectivity index (χ4v) is 0.490. The summed E-state index contributed by atoms with van der Waals surface area (Å²) in [7, 11) is 0. The van der Waals surface area contributed by atoms with Gasteiger partial charge < -0.3 is 0 Å². The minimum atomic E-state index is -4.47. The molecule has 0 atom stereocenters. The van der Waals surface area contributed by atoms with Crippen LogP contribution in [0.15, 0.2) is 18.5 Å². The molecule has 11 heavy (non-hydrogen) atoms. The molecule has 1 rings (SSSR count). The first-order chi connectivity index (χ1) is 5.08. The molecule has 3 nitrogen and oxygen atoms in total. The molecular formula is C5H4F3N3. The lowest BCUT2D eigenvalue weighted by molar-refractivity contribution is -0.101. The van der Waals surface area contributed by atoms with Crippen molar-refractivity contribution in [2.75, 3.05) is 5.32 Å². The van der Waals surface area contributed by atoms with E-state index in [9.17, 15) is 13.2 Å². The number of hydrogen-bond acceptors (Lipinski definition) is 3. The Balaban J connectivity index is 2.66. The van der Waals surface area contributed by atoms with Gasteiger partial charge >= 0.3 is 6.30 Å². The third kappa shape index (κ3) is 2.83. The van der Waals surface area contributed by atoms with Crippen LogP contribution in [-0.4, -0.2) is 16.3 Å². The van der Waals surface area contributed by atoms with Crippen LogP contribution >= 0.6 is 0 Å². The first-order valence-electron chi connectivity index (χ1n) is 2.70. The topological polar surface area (TPSA) is 37.8 Å². The second kappa shape index (κ2) is 2.73. The van der Waals surface area contributed by atoms with Crippen molar-refractivity contribution in [2.45, 2.75) is 6.30 Å². The average molecular weight is 163 g/mol. The van der Waals surface area contributed by atoms with E-state index in [0.717, 1.165) is 5.32 Å². The molecule has 0 fully saturated rings. The molecular weight excluding hydrogens is 159 g/mol. The van der Waals surface area contributed by atoms with Crippen molar-refractivity contribution in [2.24, 2.45) is 0 Å². The van der Waals surface area contributed by atoms with Crippen LogP contribution in [0.5, 0.6) is 0 Å². The van der Waals surface area contributed by atoms with Crippen LogP contribution in [0.25, 0.3) is 0 Å². The first-order valence-corrected chi connectivity index (χ1v) is 2.70. The van der Waals surface area contributed by atoms with Crippen molar-refractivity contribution >= 4 is 5.95 Å². The maximum Gasteiger partial charge on any atom is 0.484 e. The Kier molecular flexibility index (Phi) is 1.93. The number of halogens is 3. The summed E-state index contributed by atoms with van der Waals surface area (Å²) < 4.78 is 34.7. The van der Waals surface area contributed by atoms with Gasteiger partial charge in [0, 0.05) is 12.4 Å². The van der Waals surface area contributed by atoms with Gasteiger partial charge in [-0.05, 0) is 6.07 Å². The van der Waals surface area contributed by atoms with E-state index in [4.69, 9.17) is 0 Å². The summed E-state index contributed by atoms with van der Waals surface area (Å²) in [6.45, 7) is 0. The summed E-state index contributed by atoms with van der Waals surface area (Å²) in [6.07, 6.45) is -2.02. The van der Waals surface area contributed by atoms with Crippen LogP contribution < -0.4 is 5.32 Å². The minimum Gasteiger partial charge on any atom is -0.266 e. The van der Waals surface area contributed by atoms with E-state index in [2.05, 4.69) is 9.97 Å². The number of hydrogen-bond donors (Lipinski definition) is 1. The van der Waals surface area contributed by atoms with Gasteiger partial charge in [0.15, 0.2) is 0 Å². The Labute approximate surface area is 60.3 Å². The standard InChI is InChI=1S/C5H4F3N3/c6-5(7,8)11-4-9-2-1-3-10-4/h1-3H,(H,9,10,11). The van der Waals surface area contributed by atoms with Gasteiger partial charge in [-0.15, -0.1) is 0 Å². The second-order valence-electron chi connectivity index (χ2n) is 1.70. The molecule has 0 aliphatic rings. The summed E-state index contributed by atoms with van der Waals surface area (Å²) in [5, 5.41) is 1.16. The summed E-state index contributed by atoms with van der Waals surface area (Å²) in [4.78, 5) is 6.64. The van der Waals surface area contributed by atoms with Gasteiger partial charge in [-0.1, -0.05) is 0 Å². The number of anilines is 1. The van der Waals surface area contributed by atoms with E-state index in [1.54, 1.807) is 0 Å². The van der Waals surface area contributed by atoms with Crippen molar-refractivity contribution in [3.63, 3.8) is 0 Å². The number of alkyl halides is 3. The van der Waals surface area contributed by atoms with Crippen LogP contribution in [0.2, 0.25) is 0 Å². The Morgan fingerprint density at radius 2 is 1.73 bits per heavy atom. The van der Waals surface area contributed by atoms with Crippen LogP contribution in [0, 0.1) is 0 Å². The molecule has 0 saturated heterocycles. The smallest absolute Gasteiger partial charge is 0.266 e. The summed E-state index contributed by atoms with van der Waals surface area (Å²) >= 11 is 0. The number of rotatable bonds is 1. The molecule has 0 aromatic carbocycles. The summed E-state index contributed by atoms with van der Waals surface area (Å²) in [6, 6.07) is 1.43. The molecule has 60 valence electrons. The van der Waals surface area contributed by atoms with Crippen LogP contribution in [-0.2, 0) is 0 Å². The van der Waals surface area contributed by atoms with Gasteiger partial charge in [-0.2, -0.15) is 13.2 Å². The van der Waals surface area contributed by atoms with Gasteiger partial charge in [-0.25, -0.2) is 9.97 Å². The fraction of sp³-hybridized carbons (Fsp3) is 0.200. The normalized spacial score (nSPS) is 11.2. The summed E-state index contributed by atoms with van der Waals surface area (Å²) in [5.41, 5.74) is 0. The van der Waals surface area contributed by atoms with Crippen LogP contribution in [0.3, 0.4) is 0 Å². The van der Waals surface area contributed by atoms with Crippen LogP contribution in [0.1, 0.15) is 0 Å². The lowest BCUT2D eigenvalue weighted by Gasteiger charge is -2.06. The first kappa shape index (κ1) is 7.77. The highest BCUT2D eigenvalue weighted by Gasteiger charge is 2.27. The number of nitrogens with one attached hydrogen (secondary N) is 1. The molecule has 0 amide bonds. The highest BCUT2D eigenvalue weighted by molar-refractivity contribution is 5.22. The van der Waals surface area contributed by atoms with Gasteiger partial charge in [0.1, 0.15) is 0 Å². The van der Waals surface area contributed by atoms with E-state index in [1.165, 1.54) is 18.5 Å². The Morgan fingerprint density at radius 3 is 2.18 bits per heavy atom. The highest BCUT2D eigenvalue weighted by Crippen LogP contribution is 2.15. The molecule has 6 heteroatoms. The van der Waals surface area contributed by atoms with E-state index < -0.39 is 12.2 Å². The van der Waals surface area contributed by atoms with Gasteiger partial charge in [0.25, 0.3) is 0 Å². The number of aromatic nitrogens is 2. The molecule has 0 unspecified atom stereocenters. The lowest BCUT2D eigenvalue weighted by atomic mass is 10.7. The minimum absolute atomic E-state index is 0.444. The molecule has 1 aromatic rings. The van der Waals surface area contributed by atoms with Crippen molar-refractivity contribution < 1.29 is 13.2 Å². The number of nitrogens with zero attached hydrogens (tertiary/aromatic N) is 2. The quantitative estimate of drug-likeness (QED) is 0.636. The van der Waals surface area contributed by atoms with Crippen molar-refractivity contribution in [3.05, 3.63) is 18.5 Å². The maximum absolute atomic E-state index is 11.6. The van der Waals surface area contributed by atoms with Crippen molar-refractivity contribution in [1.82, 2.24) is 9.97 Å². The molecule has 0 aliphatic carbocycles.